The van der Waals surface area contributed by atoms with Crippen LogP contribution in [0, 0.1) is 5.92 Å². The van der Waals surface area contributed by atoms with E-state index < -0.39 is 0 Å². The monoisotopic (exact) mass is 477 g/mol. The fourth-order valence-electron chi connectivity index (χ4n) is 4.65. The molecule has 0 aliphatic rings. The van der Waals surface area contributed by atoms with Crippen LogP contribution in [0.1, 0.15) is 39.5 Å². The minimum atomic E-state index is 0.123. The third-order valence-electron chi connectivity index (χ3n) is 6.76. The molecular formula is C31H31N3O2. The van der Waals surface area contributed by atoms with E-state index >= 15 is 0 Å². The van der Waals surface area contributed by atoms with Gasteiger partial charge in [-0.05, 0) is 52.1 Å². The summed E-state index contributed by atoms with van der Waals surface area (Å²) in [6, 6.07) is 26.2. The molecule has 0 saturated heterocycles. The number of nitrogens with zero attached hydrogens (tertiary/aromatic N) is 3. The highest BCUT2D eigenvalue weighted by Gasteiger charge is 2.17. The van der Waals surface area contributed by atoms with E-state index in [2.05, 4.69) is 61.3 Å². The lowest BCUT2D eigenvalue weighted by molar-refractivity contribution is 0.217. The second-order valence-electron chi connectivity index (χ2n) is 9.20. The molecule has 5 heteroatoms. The topological polar surface area (TPSA) is 68.1 Å². The van der Waals surface area contributed by atoms with Crippen LogP contribution in [0.5, 0.6) is 11.8 Å². The minimum Gasteiger partial charge on any atom is -0.507 e. The van der Waals surface area contributed by atoms with Gasteiger partial charge in [-0.1, -0.05) is 93.8 Å². The zero-order chi connectivity index (χ0) is 24.9. The number of unbranched alkanes of at least 4 members (excludes halogenated alkanes) is 1. The van der Waals surface area contributed by atoms with Gasteiger partial charge in [-0.25, -0.2) is 4.98 Å². The second kappa shape index (κ2) is 10.7. The molecule has 0 aliphatic heterocycles. The molecule has 182 valence electrons. The average Bonchev–Trinajstić information content (AvgIpc) is 2.93. The number of aromatic hydroxyl groups is 1. The van der Waals surface area contributed by atoms with Gasteiger partial charge >= 0.3 is 6.01 Å². The minimum absolute atomic E-state index is 0.123. The van der Waals surface area contributed by atoms with Gasteiger partial charge in [-0.3, -0.25) is 0 Å². The van der Waals surface area contributed by atoms with Gasteiger partial charge in [0.15, 0.2) is 11.6 Å². The molecule has 0 radical (unpaired) electrons. The summed E-state index contributed by atoms with van der Waals surface area (Å²) in [4.78, 5) is 14.2. The Labute approximate surface area is 211 Å². The smallest absolute Gasteiger partial charge is 0.320 e. The first-order chi connectivity index (χ1) is 17.7. The van der Waals surface area contributed by atoms with Crippen LogP contribution in [0.15, 0.2) is 78.9 Å². The van der Waals surface area contributed by atoms with Crippen LogP contribution in [0.25, 0.3) is 44.3 Å². The highest BCUT2D eigenvalue weighted by molar-refractivity contribution is 6.13. The predicted molar refractivity (Wildman–Crippen MR) is 146 cm³/mol. The van der Waals surface area contributed by atoms with Crippen molar-refractivity contribution in [3.8, 4) is 34.5 Å². The molecule has 5 rings (SSSR count). The van der Waals surface area contributed by atoms with Gasteiger partial charge < -0.3 is 9.84 Å². The Kier molecular flexibility index (Phi) is 7.08. The molecule has 0 amide bonds. The fraction of sp³-hybridized carbons (Fsp3) is 0.258. The number of hydrogen-bond acceptors (Lipinski definition) is 5. The van der Waals surface area contributed by atoms with Crippen LogP contribution in [0.2, 0.25) is 0 Å². The number of benzene rings is 4. The lowest BCUT2D eigenvalue weighted by Gasteiger charge is -2.16. The summed E-state index contributed by atoms with van der Waals surface area (Å²) in [5.41, 5.74) is 1.46. The summed E-state index contributed by atoms with van der Waals surface area (Å²) in [6.07, 6.45) is 4.50. The zero-order valence-corrected chi connectivity index (χ0v) is 20.8. The third kappa shape index (κ3) is 4.87. The molecule has 1 heterocycles. The van der Waals surface area contributed by atoms with E-state index in [-0.39, 0.29) is 11.8 Å². The number of ether oxygens (including phenoxy) is 1. The van der Waals surface area contributed by atoms with Gasteiger partial charge in [0.1, 0.15) is 5.75 Å². The summed E-state index contributed by atoms with van der Waals surface area (Å²) in [7, 11) is 0. The molecule has 1 aromatic heterocycles. The first kappa shape index (κ1) is 23.7. The molecule has 1 N–H and O–H groups in total. The predicted octanol–water partition coefficient (Wildman–Crippen LogP) is 7.81. The number of phenols is 1. The second-order valence-corrected chi connectivity index (χ2v) is 9.20. The number of aromatic nitrogens is 3. The molecule has 1 unspecified atom stereocenters. The standard InChI is InChI=1S/C31H31N3O2/c1-3-5-12-21(4-2)20-36-31-33-29(26-17-10-11-18-28(26)35)32-30(34-31)27-19-22-13-6-7-14-23(22)24-15-8-9-16-25(24)27/h6-11,13-19,21,35H,3-5,12,20H2,1-2H3. The van der Waals surface area contributed by atoms with Crippen molar-refractivity contribution in [2.75, 3.05) is 6.61 Å². The van der Waals surface area contributed by atoms with Gasteiger partial charge in [-0.2, -0.15) is 9.97 Å². The number of fused-ring (bicyclic) bond motifs is 3. The Morgan fingerprint density at radius 2 is 1.42 bits per heavy atom. The van der Waals surface area contributed by atoms with Crippen LogP contribution >= 0.6 is 0 Å². The first-order valence-electron chi connectivity index (χ1n) is 12.8. The van der Waals surface area contributed by atoms with Gasteiger partial charge in [0.25, 0.3) is 0 Å². The van der Waals surface area contributed by atoms with Crippen LogP contribution < -0.4 is 4.74 Å². The van der Waals surface area contributed by atoms with E-state index in [4.69, 9.17) is 14.7 Å². The van der Waals surface area contributed by atoms with Crippen LogP contribution in [-0.4, -0.2) is 26.7 Å². The van der Waals surface area contributed by atoms with E-state index in [1.807, 2.05) is 24.3 Å². The molecule has 5 aromatic rings. The van der Waals surface area contributed by atoms with Gasteiger partial charge in [0.2, 0.25) is 0 Å². The first-order valence-corrected chi connectivity index (χ1v) is 12.8. The van der Waals surface area contributed by atoms with Gasteiger partial charge in [-0.15, -0.1) is 0 Å². The van der Waals surface area contributed by atoms with E-state index in [1.54, 1.807) is 12.1 Å². The molecule has 1 atom stereocenters. The van der Waals surface area contributed by atoms with Crippen LogP contribution in [0.4, 0.5) is 0 Å². The van der Waals surface area contributed by atoms with Crippen molar-refractivity contribution in [3.63, 3.8) is 0 Å². The highest BCUT2D eigenvalue weighted by atomic mass is 16.5. The average molecular weight is 478 g/mol. The summed E-state index contributed by atoms with van der Waals surface area (Å²) in [5, 5.41) is 15.0. The highest BCUT2D eigenvalue weighted by Crippen LogP contribution is 2.35. The molecule has 0 saturated carbocycles. The van der Waals surface area contributed by atoms with E-state index in [0.29, 0.717) is 29.7 Å². The van der Waals surface area contributed by atoms with Gasteiger partial charge in [0, 0.05) is 5.56 Å². The maximum atomic E-state index is 10.5. The van der Waals surface area contributed by atoms with Crippen molar-refractivity contribution >= 4 is 21.5 Å². The SMILES string of the molecule is CCCCC(CC)COc1nc(-c2ccccc2O)nc(-c2cc3ccccc3c3ccccc23)n1. The van der Waals surface area contributed by atoms with Crippen LogP contribution in [-0.2, 0) is 0 Å². The Morgan fingerprint density at radius 1 is 0.750 bits per heavy atom. The Balaban J connectivity index is 1.65. The molecule has 0 bridgehead atoms. The maximum absolute atomic E-state index is 10.5. The van der Waals surface area contributed by atoms with Crippen molar-refractivity contribution in [3.05, 3.63) is 78.9 Å². The Hall–Kier alpha value is -3.99. The lowest BCUT2D eigenvalue weighted by Crippen LogP contribution is -2.13. The maximum Gasteiger partial charge on any atom is 0.320 e. The summed E-state index contributed by atoms with van der Waals surface area (Å²) < 4.78 is 6.18. The fourth-order valence-corrected chi connectivity index (χ4v) is 4.65. The van der Waals surface area contributed by atoms with Crippen molar-refractivity contribution in [2.45, 2.75) is 39.5 Å². The third-order valence-corrected chi connectivity index (χ3v) is 6.76. The molecule has 5 nitrogen and oxygen atoms in total. The number of rotatable bonds is 9. The molecule has 0 aliphatic carbocycles. The van der Waals surface area contributed by atoms with E-state index in [9.17, 15) is 5.11 Å². The molecule has 4 aromatic carbocycles. The Bertz CT molecular complexity index is 1500. The van der Waals surface area contributed by atoms with Crippen molar-refractivity contribution < 1.29 is 9.84 Å². The molecule has 0 fully saturated rings. The number of phenolic OH excluding ortho intramolecular Hbond substituents is 1. The zero-order valence-electron chi connectivity index (χ0n) is 20.8. The summed E-state index contributed by atoms with van der Waals surface area (Å²) >= 11 is 0. The van der Waals surface area contributed by atoms with Crippen molar-refractivity contribution in [2.24, 2.45) is 5.92 Å². The van der Waals surface area contributed by atoms with E-state index in [1.165, 1.54) is 18.2 Å². The largest absolute Gasteiger partial charge is 0.507 e. The van der Waals surface area contributed by atoms with Crippen LogP contribution in [0.3, 0.4) is 0 Å². The summed E-state index contributed by atoms with van der Waals surface area (Å²) in [5.74, 6) is 1.49. The molecule has 36 heavy (non-hydrogen) atoms. The molecule has 0 spiro atoms. The van der Waals surface area contributed by atoms with Gasteiger partial charge in [0.05, 0.1) is 12.2 Å². The summed E-state index contributed by atoms with van der Waals surface area (Å²) in [6.45, 7) is 4.95. The number of para-hydroxylation sites is 1. The quantitative estimate of drug-likeness (QED) is 0.219. The normalized spacial score (nSPS) is 12.2. The van der Waals surface area contributed by atoms with Crippen molar-refractivity contribution in [1.29, 1.82) is 0 Å². The number of hydrogen-bond donors (Lipinski definition) is 1. The van der Waals surface area contributed by atoms with Crippen molar-refractivity contribution in [1.82, 2.24) is 15.0 Å². The van der Waals surface area contributed by atoms with E-state index in [0.717, 1.165) is 34.6 Å². The lowest BCUT2D eigenvalue weighted by atomic mass is 9.97. The Morgan fingerprint density at radius 3 is 2.17 bits per heavy atom. The molecular weight excluding hydrogens is 446 g/mol.